The molecule has 1 heterocycles. The summed E-state index contributed by atoms with van der Waals surface area (Å²) < 4.78 is 1.86. The zero-order valence-corrected chi connectivity index (χ0v) is 7.07. The molecule has 0 radical (unpaired) electrons. The highest BCUT2D eigenvalue weighted by Crippen LogP contribution is 2.06. The normalized spacial score (nSPS) is 15.8. The Bertz CT molecular complexity index is 336. The summed E-state index contributed by atoms with van der Waals surface area (Å²) in [6, 6.07) is 10.3. The van der Waals surface area contributed by atoms with Crippen LogP contribution < -0.4 is 0 Å². The maximum atomic E-state index is 4.35. The topological polar surface area (TPSA) is 15.4 Å². The molecule has 12 heavy (non-hydrogen) atoms. The van der Waals surface area contributed by atoms with Crippen LogP contribution in [0.2, 0.25) is 0 Å². The lowest BCUT2D eigenvalue weighted by Gasteiger charge is -1.93. The van der Waals surface area contributed by atoms with Gasteiger partial charge in [0.2, 0.25) is 0 Å². The molecule has 0 atom stereocenters. The van der Waals surface area contributed by atoms with Crippen LogP contribution in [0.25, 0.3) is 0 Å². The number of benzene rings is 1. The van der Waals surface area contributed by atoms with Crippen LogP contribution in [0.3, 0.4) is 0 Å². The third-order valence-electron chi connectivity index (χ3n) is 1.93. The molecule has 1 aromatic carbocycles. The lowest BCUT2D eigenvalue weighted by molar-refractivity contribution is -0.494. The molecular weight excluding hydrogens is 148 g/mol. The molecule has 0 spiro atoms. The van der Waals surface area contributed by atoms with Crippen molar-refractivity contribution in [3.63, 3.8) is 0 Å². The van der Waals surface area contributed by atoms with Crippen molar-refractivity contribution in [2.24, 2.45) is 5.10 Å². The standard InChI is InChI=1S/C10H11N2/c1-12-8-7-10(11-12)9-5-3-2-4-6-9/h2-6,8H,7H2,1H3/q+1. The number of rotatable bonds is 1. The maximum Gasteiger partial charge on any atom is 0.178 e. The first-order valence-electron chi connectivity index (χ1n) is 4.05. The zero-order chi connectivity index (χ0) is 8.39. The molecule has 0 amide bonds. The lowest BCUT2D eigenvalue weighted by atomic mass is 10.1. The smallest absolute Gasteiger partial charge is 0.0974 e. The minimum absolute atomic E-state index is 0.945. The summed E-state index contributed by atoms with van der Waals surface area (Å²) in [5.74, 6) is 0. The number of hydrazone groups is 1. The molecule has 0 aliphatic carbocycles. The van der Waals surface area contributed by atoms with Crippen LogP contribution in [-0.2, 0) is 0 Å². The van der Waals surface area contributed by atoms with Gasteiger partial charge in [0, 0.05) is 5.56 Å². The third kappa shape index (κ3) is 1.28. The summed E-state index contributed by atoms with van der Waals surface area (Å²) in [6.45, 7) is 0. The molecule has 2 rings (SSSR count). The first kappa shape index (κ1) is 7.22. The summed E-state index contributed by atoms with van der Waals surface area (Å²) in [5, 5.41) is 4.35. The monoisotopic (exact) mass is 159 g/mol. The van der Waals surface area contributed by atoms with E-state index in [1.54, 1.807) is 0 Å². The Morgan fingerprint density at radius 2 is 2.00 bits per heavy atom. The van der Waals surface area contributed by atoms with E-state index in [1.165, 1.54) is 5.56 Å². The van der Waals surface area contributed by atoms with Gasteiger partial charge < -0.3 is 0 Å². The zero-order valence-electron chi connectivity index (χ0n) is 7.07. The van der Waals surface area contributed by atoms with Gasteiger partial charge in [-0.2, -0.15) is 0 Å². The maximum absolute atomic E-state index is 4.35. The fraction of sp³-hybridized carbons (Fsp3) is 0.200. The average molecular weight is 159 g/mol. The van der Waals surface area contributed by atoms with E-state index in [4.69, 9.17) is 0 Å². The van der Waals surface area contributed by atoms with Gasteiger partial charge in [-0.15, -0.1) is 0 Å². The lowest BCUT2D eigenvalue weighted by Crippen LogP contribution is -1.96. The van der Waals surface area contributed by atoms with Crippen LogP contribution in [0, 0.1) is 0 Å². The van der Waals surface area contributed by atoms with Crippen molar-refractivity contribution >= 4 is 11.9 Å². The average Bonchev–Trinajstić information content (AvgIpc) is 2.54. The SMILES string of the molecule is C[N+]1=CCC(c2ccccc2)=N1. The van der Waals surface area contributed by atoms with E-state index in [9.17, 15) is 0 Å². The number of nitrogens with zero attached hydrogens (tertiary/aromatic N) is 2. The van der Waals surface area contributed by atoms with Gasteiger partial charge in [-0.3, -0.25) is 0 Å². The van der Waals surface area contributed by atoms with Crippen molar-refractivity contribution in [3.8, 4) is 0 Å². The Morgan fingerprint density at radius 1 is 1.25 bits per heavy atom. The third-order valence-corrected chi connectivity index (χ3v) is 1.93. The molecule has 1 aromatic rings. The summed E-state index contributed by atoms with van der Waals surface area (Å²) >= 11 is 0. The molecule has 0 saturated heterocycles. The molecule has 60 valence electrons. The Morgan fingerprint density at radius 3 is 2.58 bits per heavy atom. The van der Waals surface area contributed by atoms with Crippen LogP contribution in [0.4, 0.5) is 0 Å². The Labute approximate surface area is 71.9 Å². The highest BCUT2D eigenvalue weighted by Gasteiger charge is 2.13. The molecule has 0 fully saturated rings. The van der Waals surface area contributed by atoms with Crippen LogP contribution in [0.15, 0.2) is 35.4 Å². The highest BCUT2D eigenvalue weighted by molar-refractivity contribution is 6.07. The quantitative estimate of drug-likeness (QED) is 0.552. The van der Waals surface area contributed by atoms with Crippen molar-refractivity contribution in [1.82, 2.24) is 0 Å². The minimum atomic E-state index is 0.945. The molecule has 2 nitrogen and oxygen atoms in total. The first-order valence-corrected chi connectivity index (χ1v) is 4.05. The fourth-order valence-corrected chi connectivity index (χ4v) is 1.30. The van der Waals surface area contributed by atoms with E-state index >= 15 is 0 Å². The highest BCUT2D eigenvalue weighted by atomic mass is 15.4. The van der Waals surface area contributed by atoms with Crippen LogP contribution in [0.5, 0.6) is 0 Å². The molecular formula is C10H11N2+. The number of hydrogen-bond donors (Lipinski definition) is 0. The van der Waals surface area contributed by atoms with Gasteiger partial charge in [0.25, 0.3) is 0 Å². The summed E-state index contributed by atoms with van der Waals surface area (Å²) in [6.07, 6.45) is 3.02. The second kappa shape index (κ2) is 2.89. The predicted octanol–water partition coefficient (Wildman–Crippen LogP) is 1.51. The molecule has 0 unspecified atom stereocenters. The van der Waals surface area contributed by atoms with Crippen LogP contribution >= 0.6 is 0 Å². The summed E-state index contributed by atoms with van der Waals surface area (Å²) in [4.78, 5) is 0. The van der Waals surface area contributed by atoms with Crippen molar-refractivity contribution in [2.45, 2.75) is 6.42 Å². The van der Waals surface area contributed by atoms with E-state index < -0.39 is 0 Å². The molecule has 2 heteroatoms. The van der Waals surface area contributed by atoms with Crippen LogP contribution in [0.1, 0.15) is 12.0 Å². The van der Waals surface area contributed by atoms with Gasteiger partial charge in [-0.05, 0) is 5.10 Å². The van der Waals surface area contributed by atoms with Gasteiger partial charge >= 0.3 is 0 Å². The molecule has 0 saturated carbocycles. The van der Waals surface area contributed by atoms with E-state index in [0.717, 1.165) is 12.1 Å². The molecule has 0 N–H and O–H groups in total. The Kier molecular flexibility index (Phi) is 1.74. The van der Waals surface area contributed by atoms with E-state index in [0.29, 0.717) is 0 Å². The fourth-order valence-electron chi connectivity index (χ4n) is 1.30. The number of hydrogen-bond acceptors (Lipinski definition) is 1. The van der Waals surface area contributed by atoms with E-state index in [2.05, 4.69) is 23.4 Å². The first-order chi connectivity index (χ1) is 5.86. The van der Waals surface area contributed by atoms with Gasteiger partial charge in [0.1, 0.15) is 5.71 Å². The van der Waals surface area contributed by atoms with Crippen molar-refractivity contribution in [2.75, 3.05) is 7.05 Å². The van der Waals surface area contributed by atoms with E-state index in [-0.39, 0.29) is 0 Å². The van der Waals surface area contributed by atoms with Crippen molar-refractivity contribution in [3.05, 3.63) is 35.9 Å². The predicted molar refractivity (Wildman–Crippen MR) is 49.8 cm³/mol. The van der Waals surface area contributed by atoms with E-state index in [1.807, 2.05) is 29.9 Å². The van der Waals surface area contributed by atoms with Gasteiger partial charge in [-0.1, -0.05) is 35.0 Å². The second-order valence-corrected chi connectivity index (χ2v) is 2.87. The second-order valence-electron chi connectivity index (χ2n) is 2.87. The van der Waals surface area contributed by atoms with Crippen molar-refractivity contribution < 1.29 is 4.68 Å². The van der Waals surface area contributed by atoms with Gasteiger partial charge in [0.05, 0.1) is 6.42 Å². The molecule has 1 aliphatic rings. The summed E-state index contributed by atoms with van der Waals surface area (Å²) in [7, 11) is 1.95. The summed E-state index contributed by atoms with van der Waals surface area (Å²) in [5.41, 5.74) is 2.37. The van der Waals surface area contributed by atoms with Crippen LogP contribution in [-0.4, -0.2) is 23.7 Å². The Hall–Kier alpha value is -1.44. The van der Waals surface area contributed by atoms with Gasteiger partial charge in [-0.25, -0.2) is 0 Å². The minimum Gasteiger partial charge on any atom is -0.0974 e. The molecule has 0 bridgehead atoms. The largest absolute Gasteiger partial charge is 0.178 e. The molecule has 0 aromatic heterocycles. The Balaban J connectivity index is 2.30. The van der Waals surface area contributed by atoms with Crippen molar-refractivity contribution in [1.29, 1.82) is 0 Å². The van der Waals surface area contributed by atoms with Gasteiger partial charge in [0.15, 0.2) is 13.3 Å². The molecule has 1 aliphatic heterocycles.